The summed E-state index contributed by atoms with van der Waals surface area (Å²) in [5, 5.41) is 2.83. The standard InChI is InChI=1S/C20H20N2O3S2/c23-20(21-17-8-2-1-3-9-17)19-13-26-14-22(19)27(24,25)18-11-10-15-6-4-5-7-16(15)12-18/h1-9,12,19H,10-11,13-14H2,(H,21,23). The number of rotatable bonds is 4. The zero-order valence-corrected chi connectivity index (χ0v) is 16.3. The van der Waals surface area contributed by atoms with Crippen molar-refractivity contribution in [3.8, 4) is 0 Å². The lowest BCUT2D eigenvalue weighted by Gasteiger charge is -2.25. The predicted octanol–water partition coefficient (Wildman–Crippen LogP) is 3.32. The SMILES string of the molecule is O=C(Nc1ccccc1)C1CSCN1S(=O)(=O)C1=Cc2ccccc2CC1. The molecule has 27 heavy (non-hydrogen) atoms. The summed E-state index contributed by atoms with van der Waals surface area (Å²) >= 11 is 1.46. The summed E-state index contributed by atoms with van der Waals surface area (Å²) in [7, 11) is -3.68. The summed E-state index contributed by atoms with van der Waals surface area (Å²) in [6.07, 6.45) is 2.92. The van der Waals surface area contributed by atoms with Gasteiger partial charge in [-0.05, 0) is 42.2 Å². The molecule has 1 amide bonds. The van der Waals surface area contributed by atoms with Gasteiger partial charge in [-0.15, -0.1) is 11.8 Å². The predicted molar refractivity (Wildman–Crippen MR) is 110 cm³/mol. The van der Waals surface area contributed by atoms with E-state index >= 15 is 0 Å². The highest BCUT2D eigenvalue weighted by Crippen LogP contribution is 2.33. The van der Waals surface area contributed by atoms with Gasteiger partial charge in [-0.25, -0.2) is 8.42 Å². The maximum absolute atomic E-state index is 13.2. The number of aryl methyl sites for hydroxylation is 1. The van der Waals surface area contributed by atoms with Crippen LogP contribution in [-0.2, 0) is 21.2 Å². The molecule has 0 saturated carbocycles. The molecule has 0 aromatic heterocycles. The smallest absolute Gasteiger partial charge is 0.243 e. The van der Waals surface area contributed by atoms with Crippen LogP contribution in [0.15, 0.2) is 59.5 Å². The first kappa shape index (κ1) is 18.3. The lowest BCUT2D eigenvalue weighted by Crippen LogP contribution is -2.45. The number of allylic oxidation sites excluding steroid dienone is 1. The summed E-state index contributed by atoms with van der Waals surface area (Å²) in [6, 6.07) is 16.2. The molecule has 1 heterocycles. The Bertz CT molecular complexity index is 987. The van der Waals surface area contributed by atoms with Gasteiger partial charge in [0.25, 0.3) is 0 Å². The molecule has 2 aromatic rings. The fourth-order valence-electron chi connectivity index (χ4n) is 3.38. The molecular formula is C20H20N2O3S2. The number of hydrogen-bond donors (Lipinski definition) is 1. The number of sulfonamides is 1. The topological polar surface area (TPSA) is 66.5 Å². The van der Waals surface area contributed by atoms with E-state index in [2.05, 4.69) is 5.32 Å². The minimum Gasteiger partial charge on any atom is -0.325 e. The van der Waals surface area contributed by atoms with Crippen molar-refractivity contribution in [1.29, 1.82) is 0 Å². The highest BCUT2D eigenvalue weighted by Gasteiger charge is 2.41. The van der Waals surface area contributed by atoms with Gasteiger partial charge in [0.05, 0.1) is 10.8 Å². The first-order chi connectivity index (χ1) is 13.1. The Labute approximate surface area is 163 Å². The Kier molecular flexibility index (Phi) is 5.08. The second-order valence-electron chi connectivity index (χ2n) is 6.57. The van der Waals surface area contributed by atoms with E-state index in [1.165, 1.54) is 16.1 Å². The summed E-state index contributed by atoms with van der Waals surface area (Å²) in [5.41, 5.74) is 2.77. The van der Waals surface area contributed by atoms with E-state index in [1.54, 1.807) is 18.2 Å². The van der Waals surface area contributed by atoms with Gasteiger partial charge in [0, 0.05) is 11.4 Å². The van der Waals surface area contributed by atoms with Crippen LogP contribution in [0.4, 0.5) is 5.69 Å². The number of thioether (sulfide) groups is 1. The van der Waals surface area contributed by atoms with Gasteiger partial charge in [-0.2, -0.15) is 4.31 Å². The minimum absolute atomic E-state index is 0.286. The van der Waals surface area contributed by atoms with E-state index in [-0.39, 0.29) is 5.91 Å². The van der Waals surface area contributed by atoms with Crippen molar-refractivity contribution >= 4 is 39.5 Å². The first-order valence-corrected chi connectivity index (χ1v) is 11.4. The molecule has 140 valence electrons. The van der Waals surface area contributed by atoms with Crippen molar-refractivity contribution in [1.82, 2.24) is 4.31 Å². The quantitative estimate of drug-likeness (QED) is 0.855. The molecule has 1 aliphatic heterocycles. The number of benzene rings is 2. The number of nitrogens with zero attached hydrogens (tertiary/aromatic N) is 1. The van der Waals surface area contributed by atoms with Gasteiger partial charge in [-0.1, -0.05) is 42.5 Å². The minimum atomic E-state index is -3.68. The third kappa shape index (κ3) is 3.67. The van der Waals surface area contributed by atoms with Crippen LogP contribution >= 0.6 is 11.8 Å². The number of hydrogen-bond acceptors (Lipinski definition) is 4. The average Bonchev–Trinajstić information content (AvgIpc) is 3.19. The lowest BCUT2D eigenvalue weighted by atomic mass is 9.98. The summed E-state index contributed by atoms with van der Waals surface area (Å²) in [4.78, 5) is 13.1. The summed E-state index contributed by atoms with van der Waals surface area (Å²) in [5.74, 6) is 0.474. The molecular weight excluding hydrogens is 380 g/mol. The molecule has 1 fully saturated rings. The number of nitrogens with one attached hydrogen (secondary N) is 1. The first-order valence-electron chi connectivity index (χ1n) is 8.80. The Morgan fingerprint density at radius 2 is 1.78 bits per heavy atom. The zero-order chi connectivity index (χ0) is 18.9. The van der Waals surface area contributed by atoms with Gasteiger partial charge in [0.1, 0.15) is 6.04 Å². The Balaban J connectivity index is 1.58. The van der Waals surface area contributed by atoms with Gasteiger partial charge in [0.15, 0.2) is 0 Å². The van der Waals surface area contributed by atoms with Crippen molar-refractivity contribution in [2.75, 3.05) is 16.9 Å². The van der Waals surface area contributed by atoms with Crippen molar-refractivity contribution in [2.45, 2.75) is 18.9 Å². The van der Waals surface area contributed by atoms with E-state index < -0.39 is 16.1 Å². The van der Waals surface area contributed by atoms with Gasteiger partial charge < -0.3 is 5.32 Å². The van der Waals surface area contributed by atoms with E-state index in [0.717, 1.165) is 11.1 Å². The second-order valence-corrected chi connectivity index (χ2v) is 9.52. The van der Waals surface area contributed by atoms with Crippen LogP contribution in [0.1, 0.15) is 17.5 Å². The lowest BCUT2D eigenvalue weighted by molar-refractivity contribution is -0.118. The van der Waals surface area contributed by atoms with E-state index in [9.17, 15) is 13.2 Å². The van der Waals surface area contributed by atoms with E-state index in [1.807, 2.05) is 42.5 Å². The number of anilines is 1. The van der Waals surface area contributed by atoms with Crippen LogP contribution in [0.2, 0.25) is 0 Å². The zero-order valence-electron chi connectivity index (χ0n) is 14.7. The summed E-state index contributed by atoms with van der Waals surface area (Å²) in [6.45, 7) is 0. The van der Waals surface area contributed by atoms with E-state index in [0.29, 0.717) is 35.1 Å². The third-order valence-electron chi connectivity index (χ3n) is 4.84. The van der Waals surface area contributed by atoms with Crippen molar-refractivity contribution in [2.24, 2.45) is 0 Å². The summed E-state index contributed by atoms with van der Waals surface area (Å²) < 4.78 is 27.8. The molecule has 0 spiro atoms. The maximum atomic E-state index is 13.2. The molecule has 0 radical (unpaired) electrons. The molecule has 0 bridgehead atoms. The molecule has 1 unspecified atom stereocenters. The molecule has 4 rings (SSSR count). The highest BCUT2D eigenvalue weighted by atomic mass is 32.2. The molecule has 2 aromatic carbocycles. The fraction of sp³-hybridized carbons (Fsp3) is 0.250. The third-order valence-corrected chi connectivity index (χ3v) is 8.00. The van der Waals surface area contributed by atoms with Gasteiger partial charge in [-0.3, -0.25) is 4.79 Å². The highest BCUT2D eigenvalue weighted by molar-refractivity contribution is 8.01. The Morgan fingerprint density at radius 1 is 1.04 bits per heavy atom. The Morgan fingerprint density at radius 3 is 2.59 bits per heavy atom. The molecule has 1 N–H and O–H groups in total. The van der Waals surface area contributed by atoms with E-state index in [4.69, 9.17) is 0 Å². The largest absolute Gasteiger partial charge is 0.325 e. The molecule has 2 aliphatic rings. The molecule has 5 nitrogen and oxygen atoms in total. The average molecular weight is 401 g/mol. The van der Waals surface area contributed by atoms with Crippen LogP contribution < -0.4 is 5.32 Å². The van der Waals surface area contributed by atoms with Crippen LogP contribution in [0.5, 0.6) is 0 Å². The van der Waals surface area contributed by atoms with Crippen molar-refractivity contribution < 1.29 is 13.2 Å². The normalized spacial score (nSPS) is 20.0. The Hall–Kier alpha value is -2.09. The van der Waals surface area contributed by atoms with Crippen molar-refractivity contribution in [3.63, 3.8) is 0 Å². The van der Waals surface area contributed by atoms with Gasteiger partial charge >= 0.3 is 0 Å². The molecule has 7 heteroatoms. The van der Waals surface area contributed by atoms with Crippen molar-refractivity contribution in [3.05, 3.63) is 70.6 Å². The van der Waals surface area contributed by atoms with Crippen LogP contribution in [0.3, 0.4) is 0 Å². The number of carbonyl (C=O) groups is 1. The number of fused-ring (bicyclic) bond motifs is 1. The van der Waals surface area contributed by atoms with Crippen LogP contribution in [0.25, 0.3) is 6.08 Å². The molecule has 1 atom stereocenters. The van der Waals surface area contributed by atoms with Gasteiger partial charge in [0.2, 0.25) is 15.9 Å². The number of carbonyl (C=O) groups excluding carboxylic acids is 1. The second kappa shape index (κ2) is 7.50. The monoisotopic (exact) mass is 400 g/mol. The van der Waals surface area contributed by atoms with Crippen LogP contribution in [-0.4, -0.2) is 36.3 Å². The number of para-hydroxylation sites is 1. The van der Waals surface area contributed by atoms with Crippen LogP contribution in [0, 0.1) is 0 Å². The number of amides is 1. The maximum Gasteiger partial charge on any atom is 0.243 e. The fourth-order valence-corrected chi connectivity index (χ4v) is 6.71. The molecule has 1 saturated heterocycles. The molecule has 1 aliphatic carbocycles.